The molecular formula is C15H25NO3. The second-order valence-corrected chi connectivity index (χ2v) is 7.04. The molecule has 2 atom stereocenters. The minimum absolute atomic E-state index is 0.0384. The van der Waals surface area contributed by atoms with Gasteiger partial charge in [-0.3, -0.25) is 14.5 Å². The summed E-state index contributed by atoms with van der Waals surface area (Å²) in [5, 5.41) is 8.91. The van der Waals surface area contributed by atoms with Gasteiger partial charge in [-0.2, -0.15) is 0 Å². The van der Waals surface area contributed by atoms with Crippen molar-refractivity contribution in [2.45, 2.75) is 46.5 Å². The van der Waals surface area contributed by atoms with Gasteiger partial charge in [0.1, 0.15) is 0 Å². The van der Waals surface area contributed by atoms with Crippen molar-refractivity contribution in [2.24, 2.45) is 23.2 Å². The fourth-order valence-corrected chi connectivity index (χ4v) is 3.57. The van der Waals surface area contributed by atoms with Gasteiger partial charge in [0.25, 0.3) is 0 Å². The molecule has 1 N–H and O–H groups in total. The van der Waals surface area contributed by atoms with Crippen LogP contribution in [0, 0.1) is 23.2 Å². The Hall–Kier alpha value is -0.900. The Labute approximate surface area is 115 Å². The maximum Gasteiger partial charge on any atom is 0.233 e. The van der Waals surface area contributed by atoms with E-state index < -0.39 is 0 Å². The molecule has 1 saturated heterocycles. The van der Waals surface area contributed by atoms with Gasteiger partial charge >= 0.3 is 0 Å². The number of rotatable bonds is 5. The molecule has 0 bridgehead atoms. The zero-order valence-corrected chi connectivity index (χ0v) is 12.2. The average Bonchev–Trinajstić information content (AvgIpc) is 2.81. The minimum atomic E-state index is -0.113. The lowest BCUT2D eigenvalue weighted by molar-refractivity contribution is -0.142. The van der Waals surface area contributed by atoms with Crippen LogP contribution in [-0.2, 0) is 9.59 Å². The number of amides is 2. The first-order valence-corrected chi connectivity index (χ1v) is 7.32. The molecular weight excluding hydrogens is 242 g/mol. The molecule has 2 unspecified atom stereocenters. The van der Waals surface area contributed by atoms with Gasteiger partial charge in [-0.25, -0.2) is 0 Å². The lowest BCUT2D eigenvalue weighted by atomic mass is 9.87. The van der Waals surface area contributed by atoms with Gasteiger partial charge < -0.3 is 5.11 Å². The summed E-state index contributed by atoms with van der Waals surface area (Å²) in [5.74, 6) is 0.451. The number of nitrogens with zero attached hydrogens (tertiary/aromatic N) is 1. The van der Waals surface area contributed by atoms with Crippen LogP contribution in [0.3, 0.4) is 0 Å². The van der Waals surface area contributed by atoms with Gasteiger partial charge in [0, 0.05) is 13.2 Å². The lowest BCUT2D eigenvalue weighted by Crippen LogP contribution is -2.39. The SMILES string of the molecule is CC1CC2C(=O)N(CC(C)(C)CCCO)C(=O)C2C1. The number of carbonyl (C=O) groups is 2. The second kappa shape index (κ2) is 5.23. The molecule has 2 fully saturated rings. The van der Waals surface area contributed by atoms with E-state index in [4.69, 9.17) is 5.11 Å². The van der Waals surface area contributed by atoms with Crippen LogP contribution in [0.25, 0.3) is 0 Å². The molecule has 1 aliphatic carbocycles. The Bertz CT molecular complexity index is 354. The van der Waals surface area contributed by atoms with E-state index in [1.54, 1.807) is 0 Å². The van der Waals surface area contributed by atoms with Crippen LogP contribution in [0.1, 0.15) is 46.5 Å². The molecule has 2 rings (SSSR count). The van der Waals surface area contributed by atoms with Crippen molar-refractivity contribution in [3.63, 3.8) is 0 Å². The van der Waals surface area contributed by atoms with Crippen molar-refractivity contribution in [3.8, 4) is 0 Å². The summed E-state index contributed by atoms with van der Waals surface area (Å²) in [6, 6.07) is 0. The van der Waals surface area contributed by atoms with Crippen LogP contribution in [-0.4, -0.2) is 35.0 Å². The summed E-state index contributed by atoms with van der Waals surface area (Å²) < 4.78 is 0. The van der Waals surface area contributed by atoms with Crippen molar-refractivity contribution in [3.05, 3.63) is 0 Å². The van der Waals surface area contributed by atoms with E-state index in [0.29, 0.717) is 18.9 Å². The van der Waals surface area contributed by atoms with Crippen LogP contribution >= 0.6 is 0 Å². The van der Waals surface area contributed by atoms with E-state index in [2.05, 4.69) is 20.8 Å². The Kier molecular flexibility index (Phi) is 4.00. The third-order valence-corrected chi connectivity index (χ3v) is 4.56. The van der Waals surface area contributed by atoms with E-state index in [1.165, 1.54) is 4.90 Å². The normalized spacial score (nSPS) is 31.2. The maximum atomic E-state index is 12.4. The van der Waals surface area contributed by atoms with Crippen molar-refractivity contribution >= 4 is 11.8 Å². The fraction of sp³-hybridized carbons (Fsp3) is 0.867. The standard InChI is InChI=1S/C15H25NO3/c1-10-7-11-12(8-10)14(19)16(13(11)18)9-15(2,3)5-4-6-17/h10-12,17H,4-9H2,1-3H3. The van der Waals surface area contributed by atoms with Crippen molar-refractivity contribution < 1.29 is 14.7 Å². The van der Waals surface area contributed by atoms with Gasteiger partial charge in [-0.1, -0.05) is 20.8 Å². The summed E-state index contributed by atoms with van der Waals surface area (Å²) >= 11 is 0. The van der Waals surface area contributed by atoms with Gasteiger partial charge in [0.15, 0.2) is 0 Å². The monoisotopic (exact) mass is 267 g/mol. The van der Waals surface area contributed by atoms with Crippen LogP contribution in [0.2, 0.25) is 0 Å². The van der Waals surface area contributed by atoms with Gasteiger partial charge in [-0.05, 0) is 37.0 Å². The van der Waals surface area contributed by atoms with Crippen molar-refractivity contribution in [1.29, 1.82) is 0 Å². The highest BCUT2D eigenvalue weighted by Crippen LogP contribution is 2.43. The molecule has 2 amide bonds. The number of imide groups is 1. The zero-order valence-electron chi connectivity index (χ0n) is 12.2. The molecule has 1 aliphatic heterocycles. The smallest absolute Gasteiger partial charge is 0.233 e. The number of likely N-dealkylation sites (tertiary alicyclic amines) is 1. The molecule has 4 nitrogen and oxygen atoms in total. The largest absolute Gasteiger partial charge is 0.396 e. The number of aliphatic hydroxyl groups is 1. The third kappa shape index (κ3) is 2.83. The molecule has 1 heterocycles. The molecule has 0 spiro atoms. The number of hydrogen-bond acceptors (Lipinski definition) is 3. The minimum Gasteiger partial charge on any atom is -0.396 e. The first kappa shape index (κ1) is 14.5. The van der Waals surface area contributed by atoms with E-state index in [1.807, 2.05) is 0 Å². The quantitative estimate of drug-likeness (QED) is 0.773. The number of hydrogen-bond donors (Lipinski definition) is 1. The molecule has 0 aromatic heterocycles. The van der Waals surface area contributed by atoms with Crippen LogP contribution in [0.5, 0.6) is 0 Å². The van der Waals surface area contributed by atoms with Crippen molar-refractivity contribution in [2.75, 3.05) is 13.2 Å². The summed E-state index contributed by atoms with van der Waals surface area (Å²) in [5.41, 5.74) is -0.113. The van der Waals surface area contributed by atoms with Crippen LogP contribution in [0.15, 0.2) is 0 Å². The summed E-state index contributed by atoms with van der Waals surface area (Å²) in [7, 11) is 0. The highest BCUT2D eigenvalue weighted by molar-refractivity contribution is 6.05. The molecule has 0 aromatic rings. The lowest BCUT2D eigenvalue weighted by Gasteiger charge is -2.29. The summed E-state index contributed by atoms with van der Waals surface area (Å²) in [4.78, 5) is 26.2. The molecule has 4 heteroatoms. The third-order valence-electron chi connectivity index (χ3n) is 4.56. The first-order chi connectivity index (χ1) is 8.85. The van der Waals surface area contributed by atoms with Gasteiger partial charge in [-0.15, -0.1) is 0 Å². The first-order valence-electron chi connectivity index (χ1n) is 7.32. The molecule has 0 radical (unpaired) electrons. The van der Waals surface area contributed by atoms with E-state index >= 15 is 0 Å². The summed E-state index contributed by atoms with van der Waals surface area (Å²) in [6.07, 6.45) is 3.27. The zero-order chi connectivity index (χ0) is 14.2. The Morgan fingerprint density at radius 2 is 1.74 bits per heavy atom. The van der Waals surface area contributed by atoms with Gasteiger partial charge in [0.2, 0.25) is 11.8 Å². The number of aliphatic hydroxyl groups excluding tert-OH is 1. The predicted molar refractivity (Wildman–Crippen MR) is 72.2 cm³/mol. The molecule has 1 saturated carbocycles. The van der Waals surface area contributed by atoms with E-state index in [9.17, 15) is 9.59 Å². The van der Waals surface area contributed by atoms with Crippen molar-refractivity contribution in [1.82, 2.24) is 4.90 Å². The molecule has 108 valence electrons. The Morgan fingerprint density at radius 3 is 2.21 bits per heavy atom. The van der Waals surface area contributed by atoms with E-state index in [-0.39, 0.29) is 35.7 Å². The highest BCUT2D eigenvalue weighted by atomic mass is 16.3. The molecule has 2 aliphatic rings. The maximum absolute atomic E-state index is 12.4. The average molecular weight is 267 g/mol. The Morgan fingerprint density at radius 1 is 1.21 bits per heavy atom. The van der Waals surface area contributed by atoms with Crippen LogP contribution < -0.4 is 0 Å². The number of carbonyl (C=O) groups excluding carboxylic acids is 2. The Balaban J connectivity index is 2.03. The van der Waals surface area contributed by atoms with E-state index in [0.717, 1.165) is 19.3 Å². The molecule has 0 aromatic carbocycles. The topological polar surface area (TPSA) is 57.6 Å². The fourth-order valence-electron chi connectivity index (χ4n) is 3.57. The second-order valence-electron chi connectivity index (χ2n) is 7.04. The van der Waals surface area contributed by atoms with Crippen LogP contribution in [0.4, 0.5) is 0 Å². The highest BCUT2D eigenvalue weighted by Gasteiger charge is 2.52. The number of fused-ring (bicyclic) bond motifs is 1. The summed E-state index contributed by atoms with van der Waals surface area (Å²) in [6.45, 7) is 6.88. The predicted octanol–water partition coefficient (Wildman–Crippen LogP) is 1.82. The molecule has 19 heavy (non-hydrogen) atoms. The van der Waals surface area contributed by atoms with Gasteiger partial charge in [0.05, 0.1) is 11.8 Å².